The molecule has 7 heterocycles. The predicted octanol–water partition coefficient (Wildman–Crippen LogP) is -7.07. The van der Waals surface area contributed by atoms with E-state index in [0.29, 0.717) is 44.1 Å². The maximum atomic E-state index is 15.9. The van der Waals surface area contributed by atoms with E-state index < -0.39 is 311 Å². The van der Waals surface area contributed by atoms with Crippen molar-refractivity contribution in [3.8, 4) is 0 Å². The first-order chi connectivity index (χ1) is 51.0. The van der Waals surface area contributed by atoms with Crippen molar-refractivity contribution in [2.75, 3.05) is 59.5 Å². The number of ether oxygens (including phenoxy) is 14. The van der Waals surface area contributed by atoms with Crippen molar-refractivity contribution in [3.05, 3.63) is 11.6 Å². The minimum Gasteiger partial charge on any atom is -0.463 e. The molecule has 7 aliphatic heterocycles. The summed E-state index contributed by atoms with van der Waals surface area (Å²) in [5.41, 5.74) is -9.77. The molecule has 37 nitrogen and oxygen atoms in total. The van der Waals surface area contributed by atoms with Crippen LogP contribution in [0.15, 0.2) is 11.6 Å². The highest BCUT2D eigenvalue weighted by atomic mass is 16.8. The molecule has 0 unspecified atom stereocenters. The molecule has 37 heteroatoms. The summed E-state index contributed by atoms with van der Waals surface area (Å²) in [7, 11) is 0. The van der Waals surface area contributed by atoms with E-state index in [1.54, 1.807) is 0 Å². The molecule has 4 saturated carbocycles. The van der Waals surface area contributed by atoms with Gasteiger partial charge in [-0.1, -0.05) is 60.1 Å². The zero-order valence-corrected chi connectivity index (χ0v) is 62.6. The van der Waals surface area contributed by atoms with E-state index in [4.69, 9.17) is 66.3 Å². The highest BCUT2D eigenvalue weighted by molar-refractivity contribution is 5.80. The lowest BCUT2D eigenvalue weighted by molar-refractivity contribution is -0.355. The van der Waals surface area contributed by atoms with Gasteiger partial charge in [0, 0.05) is 19.3 Å². The van der Waals surface area contributed by atoms with Gasteiger partial charge in [-0.05, 0) is 96.7 Å². The summed E-state index contributed by atoms with van der Waals surface area (Å²) in [5, 5.41) is 217. The number of nitrogens with one attached hydrogen (secondary N) is 1. The molecule has 12 rings (SSSR count). The summed E-state index contributed by atoms with van der Waals surface area (Å²) >= 11 is 0. The minimum absolute atomic E-state index is 0.0489. The number of fused-ring (bicyclic) bond motifs is 7. The Kier molecular flexibility index (Phi) is 24.8. The first kappa shape index (κ1) is 85.3. The van der Waals surface area contributed by atoms with Crippen LogP contribution in [0.2, 0.25) is 0 Å². The number of amides is 1. The van der Waals surface area contributed by atoms with Gasteiger partial charge in [-0.15, -0.1) is 0 Å². The Balaban J connectivity index is 0.840. The van der Waals surface area contributed by atoms with Crippen molar-refractivity contribution in [1.82, 2.24) is 5.32 Å². The van der Waals surface area contributed by atoms with Crippen LogP contribution in [-0.2, 0) is 80.7 Å². The Morgan fingerprint density at radius 3 is 1.64 bits per heavy atom. The van der Waals surface area contributed by atoms with Crippen LogP contribution >= 0.6 is 0 Å². The average Bonchev–Trinajstić information content (AvgIpc) is 1.00. The summed E-state index contributed by atoms with van der Waals surface area (Å²) in [6.45, 7) is 10.2. The third-order valence-electron chi connectivity index (χ3n) is 27.6. The molecule has 0 aromatic rings. The molecule has 1 amide bonds. The van der Waals surface area contributed by atoms with E-state index >= 15 is 4.79 Å². The van der Waals surface area contributed by atoms with Crippen molar-refractivity contribution in [3.63, 3.8) is 0 Å². The quantitative estimate of drug-likeness (QED) is 0.0398. The molecule has 624 valence electrons. The van der Waals surface area contributed by atoms with Gasteiger partial charge in [-0.3, -0.25) is 14.4 Å². The molecule has 39 atom stereocenters. The maximum Gasteiger partial charge on any atom is 0.317 e. The number of hydrogen-bond acceptors (Lipinski definition) is 36. The fraction of sp³-hybridized carbons (Fsp3) is 0.931. The SMILES string of the molecule is CC(=O)N[C@H]1[C@H]([C@H]2CC[C@]3(C)[C@H]4CC=C5[C@@H]6CC(C)(C)CC[C@]6(C(=O)O[C@@H]6O[C@H](CO)[C@@H](O[C@@H]7OC[C@](O)(CO)[C@H]7O)[C@H](O)[C@H]6O[C@@H]6OC[C@](O)(CO)[C@H]6O)[C@H](O)[C@H](O)[C@@]5(C)[C@]4(C)CC[C@H]3C2(C)C)O[C@H](CO[C@@H]2O[C@H](COC(C)=O)[C@@H](O)[C@H](O[C@@H]3OC[C@@H](O)[C@H](O)[C@H]3O)[C@H]2O)[C@@H](O)[C@@H]1O[C@@H]1OC[C@@H](O)[C@H](O)[C@H]1O. The molecule has 0 bridgehead atoms. The van der Waals surface area contributed by atoms with Crippen molar-refractivity contribution >= 4 is 17.8 Å². The van der Waals surface area contributed by atoms with E-state index in [0.717, 1.165) is 6.92 Å². The highest BCUT2D eigenvalue weighted by Crippen LogP contribution is 2.77. The molecular weight excluding hydrogens is 1450 g/mol. The fourth-order valence-corrected chi connectivity index (χ4v) is 21.0. The number of esters is 2. The molecule has 0 aromatic carbocycles. The molecule has 5 aliphatic carbocycles. The Morgan fingerprint density at radius 2 is 1.08 bits per heavy atom. The van der Waals surface area contributed by atoms with Crippen molar-refractivity contribution in [1.29, 1.82) is 0 Å². The summed E-state index contributed by atoms with van der Waals surface area (Å²) in [4.78, 5) is 41.6. The van der Waals surface area contributed by atoms with Crippen LogP contribution in [0.25, 0.3) is 0 Å². The van der Waals surface area contributed by atoms with Crippen LogP contribution in [0, 0.1) is 56.2 Å². The van der Waals surface area contributed by atoms with E-state index in [2.05, 4.69) is 39.1 Å². The van der Waals surface area contributed by atoms with Gasteiger partial charge >= 0.3 is 11.9 Å². The smallest absolute Gasteiger partial charge is 0.317 e. The summed E-state index contributed by atoms with van der Waals surface area (Å²) in [6, 6.07) is -1.27. The van der Waals surface area contributed by atoms with E-state index in [9.17, 15) is 107 Å². The molecule has 11 fully saturated rings. The van der Waals surface area contributed by atoms with Gasteiger partial charge in [-0.2, -0.15) is 0 Å². The molecular formula is C72H115NO36. The van der Waals surface area contributed by atoms with Gasteiger partial charge in [0.05, 0.1) is 77.2 Å². The van der Waals surface area contributed by atoms with Crippen LogP contribution in [0.4, 0.5) is 0 Å². The standard InChI is InChI=1S/C72H115NO36/c1-28(77)73-40-49(102-36(43(83)51(40)106-58-45(85)41(81)33(79)20-97-58)23-99-60-48(88)52(44(84)37(104-60)22-96-29(2)78)107-59-46(86)42(82)34(80)21-98-59)31-12-14-67(7)38(66(31,5)6)13-15-68(8)39(67)11-10-30-32-18-65(3,4)16-17-72(32,55(90)54(89)69(30,68)9)64(93)109-61-53(108-63-57(92)71(95,25-76)27-101-63)47(87)50(35(19-74)103-61)105-62-56(91)70(94,24-75)26-100-62/h10,31-63,74-76,79-92,94-95H,11-27H2,1-9H3,(H,73,77)/t31-,32+,33-,34-,35-,36-,37-,38+,39-,40+,41+,42+,43-,44-,45-,46-,47+,48-,49+,50-,51-,52+,53-,54+,55-,56+,57+,58+,59+,60-,61+,62+,63+,67+,68-,69+,70-,71-,72-/m1/s1. The zero-order valence-electron chi connectivity index (χ0n) is 62.6. The zero-order chi connectivity index (χ0) is 79.7. The second-order valence-corrected chi connectivity index (χ2v) is 34.8. The van der Waals surface area contributed by atoms with Gasteiger partial charge in [0.2, 0.25) is 12.2 Å². The van der Waals surface area contributed by atoms with Crippen LogP contribution in [0.5, 0.6) is 0 Å². The van der Waals surface area contributed by atoms with Gasteiger partial charge in [0.1, 0.15) is 133 Å². The summed E-state index contributed by atoms with van der Waals surface area (Å²) in [5.74, 6) is -4.36. The number of aliphatic hydroxyl groups excluding tert-OH is 17. The predicted molar refractivity (Wildman–Crippen MR) is 359 cm³/mol. The molecule has 0 aromatic heterocycles. The first-order valence-electron chi connectivity index (χ1n) is 37.8. The topological polar surface area (TPSA) is 577 Å². The van der Waals surface area contributed by atoms with Crippen LogP contribution in [-0.4, -0.2) is 364 Å². The Morgan fingerprint density at radius 1 is 0.532 bits per heavy atom. The normalized spacial score (nSPS) is 52.3. The molecule has 0 spiro atoms. The molecule has 7 saturated heterocycles. The van der Waals surface area contributed by atoms with Crippen LogP contribution in [0.1, 0.15) is 114 Å². The van der Waals surface area contributed by atoms with E-state index in [1.165, 1.54) is 6.92 Å². The summed E-state index contributed by atoms with van der Waals surface area (Å²) < 4.78 is 83.6. The van der Waals surface area contributed by atoms with E-state index in [-0.39, 0.29) is 24.7 Å². The second kappa shape index (κ2) is 31.7. The minimum atomic E-state index is -2.27. The van der Waals surface area contributed by atoms with Crippen molar-refractivity contribution in [2.24, 2.45) is 56.2 Å². The Labute approximate surface area is 629 Å². The fourth-order valence-electron chi connectivity index (χ4n) is 21.0. The molecule has 20 N–H and O–H groups in total. The number of hydrogen-bond donors (Lipinski definition) is 20. The van der Waals surface area contributed by atoms with Crippen LogP contribution in [0.3, 0.4) is 0 Å². The Hall–Kier alpha value is -3.09. The van der Waals surface area contributed by atoms with Crippen molar-refractivity contribution in [2.45, 2.75) is 303 Å². The van der Waals surface area contributed by atoms with Gasteiger partial charge in [0.15, 0.2) is 37.6 Å². The number of allylic oxidation sites excluding steroid dienone is 1. The Bertz CT molecular complexity index is 3230. The molecule has 109 heavy (non-hydrogen) atoms. The number of carbonyl (C=O) groups excluding carboxylic acids is 3. The van der Waals surface area contributed by atoms with Gasteiger partial charge < -0.3 is 169 Å². The monoisotopic (exact) mass is 1570 g/mol. The van der Waals surface area contributed by atoms with Crippen molar-refractivity contribution < 1.29 is 178 Å². The number of aliphatic hydroxyl groups is 19. The molecule has 0 radical (unpaired) electrons. The lowest BCUT2D eigenvalue weighted by Crippen LogP contribution is -2.73. The lowest BCUT2D eigenvalue weighted by Gasteiger charge is -2.73. The largest absolute Gasteiger partial charge is 0.463 e. The number of carbonyl (C=O) groups is 3. The third-order valence-corrected chi connectivity index (χ3v) is 27.6. The van der Waals surface area contributed by atoms with Gasteiger partial charge in [0.25, 0.3) is 0 Å². The third kappa shape index (κ3) is 14.7. The average molecular weight is 1570 g/mol. The van der Waals surface area contributed by atoms with E-state index in [1.807, 2.05) is 20.8 Å². The van der Waals surface area contributed by atoms with Gasteiger partial charge in [-0.25, -0.2) is 0 Å². The maximum absolute atomic E-state index is 15.9. The number of rotatable bonds is 20. The summed E-state index contributed by atoms with van der Waals surface area (Å²) in [6.07, 6.45) is -44.5. The second-order valence-electron chi connectivity index (χ2n) is 34.8. The highest BCUT2D eigenvalue weighted by Gasteiger charge is 2.76. The lowest BCUT2D eigenvalue weighted by atomic mass is 9.32. The van der Waals surface area contributed by atoms with Crippen LogP contribution < -0.4 is 5.32 Å². The molecule has 12 aliphatic rings. The first-order valence-corrected chi connectivity index (χ1v) is 37.8.